The van der Waals surface area contributed by atoms with E-state index in [1.807, 2.05) is 23.5 Å². The molecule has 0 aliphatic heterocycles. The second-order valence-corrected chi connectivity index (χ2v) is 6.28. The Morgan fingerprint density at radius 3 is 2.30 bits per heavy atom. The van der Waals surface area contributed by atoms with Gasteiger partial charge in [-0.15, -0.1) is 11.3 Å². The van der Waals surface area contributed by atoms with Crippen molar-refractivity contribution in [3.05, 3.63) is 71.8 Å². The molecule has 2 heteroatoms. The first-order valence-electron chi connectivity index (χ1n) is 6.49. The lowest BCUT2D eigenvalue weighted by atomic mass is 10.0. The largest absolute Gasteiger partial charge is 0.135 e. The van der Waals surface area contributed by atoms with Gasteiger partial charge in [-0.05, 0) is 29.3 Å². The third-order valence-electron chi connectivity index (χ3n) is 3.56. The Balaban J connectivity index is 2.07. The molecule has 4 aromatic rings. The summed E-state index contributed by atoms with van der Waals surface area (Å²) in [5, 5.41) is 3.44. The van der Waals surface area contributed by atoms with Crippen molar-refractivity contribution in [3.63, 3.8) is 0 Å². The summed E-state index contributed by atoms with van der Waals surface area (Å²) < 4.78 is 2.68. The number of fused-ring (bicyclic) bond motifs is 3. The van der Waals surface area contributed by atoms with Crippen molar-refractivity contribution in [2.75, 3.05) is 0 Å². The summed E-state index contributed by atoms with van der Waals surface area (Å²) in [6.07, 6.45) is 0. The summed E-state index contributed by atoms with van der Waals surface area (Å²) in [6.45, 7) is 0. The zero-order valence-corrected chi connectivity index (χ0v) is 12.2. The maximum atomic E-state index is 5.98. The average Bonchev–Trinajstić information content (AvgIpc) is 2.87. The van der Waals surface area contributed by atoms with Crippen molar-refractivity contribution in [2.45, 2.75) is 0 Å². The molecule has 96 valence electrons. The molecule has 0 bridgehead atoms. The second-order valence-electron chi connectivity index (χ2n) is 4.79. The maximum Gasteiger partial charge on any atom is 0.0433 e. The average molecular weight is 295 g/mol. The Kier molecular flexibility index (Phi) is 2.76. The molecule has 0 atom stereocenters. The topological polar surface area (TPSA) is 0 Å². The van der Waals surface area contributed by atoms with Crippen molar-refractivity contribution in [1.29, 1.82) is 0 Å². The summed E-state index contributed by atoms with van der Waals surface area (Å²) in [5.41, 5.74) is 2.49. The molecule has 0 aliphatic carbocycles. The second kappa shape index (κ2) is 4.62. The number of benzene rings is 3. The molecule has 0 amide bonds. The molecule has 0 saturated heterocycles. The van der Waals surface area contributed by atoms with Gasteiger partial charge in [0.05, 0.1) is 0 Å². The molecule has 0 unspecified atom stereocenters. The zero-order chi connectivity index (χ0) is 13.5. The van der Waals surface area contributed by atoms with Crippen LogP contribution in [0.15, 0.2) is 66.7 Å². The number of hydrogen-bond acceptors (Lipinski definition) is 1. The van der Waals surface area contributed by atoms with Gasteiger partial charge in [-0.2, -0.15) is 0 Å². The van der Waals surface area contributed by atoms with E-state index in [0.29, 0.717) is 0 Å². The lowest BCUT2D eigenvalue weighted by Crippen LogP contribution is -1.77. The highest BCUT2D eigenvalue weighted by atomic mass is 35.5. The van der Waals surface area contributed by atoms with Gasteiger partial charge in [-0.3, -0.25) is 0 Å². The fraction of sp³-hybridized carbons (Fsp3) is 0. The molecule has 1 aromatic heterocycles. The predicted octanol–water partition coefficient (Wildman–Crippen LogP) is 6.37. The molecule has 20 heavy (non-hydrogen) atoms. The van der Waals surface area contributed by atoms with Crippen LogP contribution < -0.4 is 0 Å². The first kappa shape index (κ1) is 12.0. The molecule has 0 N–H and O–H groups in total. The van der Waals surface area contributed by atoms with Crippen LogP contribution in [0.3, 0.4) is 0 Å². The van der Waals surface area contributed by atoms with Crippen molar-refractivity contribution >= 4 is 43.1 Å². The van der Waals surface area contributed by atoms with Crippen molar-refractivity contribution in [1.82, 2.24) is 0 Å². The van der Waals surface area contributed by atoms with E-state index < -0.39 is 0 Å². The molecule has 0 spiro atoms. The Morgan fingerprint density at radius 2 is 1.45 bits per heavy atom. The highest BCUT2D eigenvalue weighted by molar-refractivity contribution is 7.26. The van der Waals surface area contributed by atoms with Crippen LogP contribution in [0.25, 0.3) is 31.3 Å². The minimum Gasteiger partial charge on any atom is -0.135 e. The normalized spacial score (nSPS) is 11.2. The van der Waals surface area contributed by atoms with Crippen LogP contribution in [0.2, 0.25) is 5.02 Å². The molecular formula is C18H11ClS. The molecule has 0 aliphatic rings. The maximum absolute atomic E-state index is 5.98. The molecule has 3 aromatic carbocycles. The van der Waals surface area contributed by atoms with E-state index in [9.17, 15) is 0 Å². The van der Waals surface area contributed by atoms with Gasteiger partial charge in [0.2, 0.25) is 0 Å². The highest BCUT2D eigenvalue weighted by Gasteiger charge is 2.09. The minimum absolute atomic E-state index is 0.775. The van der Waals surface area contributed by atoms with Crippen LogP contribution in [-0.2, 0) is 0 Å². The lowest BCUT2D eigenvalue weighted by molar-refractivity contribution is 1.67. The van der Waals surface area contributed by atoms with Crippen LogP contribution in [0, 0.1) is 0 Å². The van der Waals surface area contributed by atoms with E-state index in [1.165, 1.54) is 31.3 Å². The van der Waals surface area contributed by atoms with Crippen molar-refractivity contribution < 1.29 is 0 Å². The number of rotatable bonds is 1. The van der Waals surface area contributed by atoms with Crippen molar-refractivity contribution in [2.24, 2.45) is 0 Å². The van der Waals surface area contributed by atoms with E-state index in [-0.39, 0.29) is 0 Å². The summed E-state index contributed by atoms with van der Waals surface area (Å²) in [4.78, 5) is 0. The van der Waals surface area contributed by atoms with Crippen LogP contribution in [0.1, 0.15) is 0 Å². The van der Waals surface area contributed by atoms with E-state index in [2.05, 4.69) is 54.6 Å². The molecule has 0 nitrogen and oxygen atoms in total. The number of halogens is 1. The van der Waals surface area contributed by atoms with Crippen molar-refractivity contribution in [3.8, 4) is 11.1 Å². The first-order valence-corrected chi connectivity index (χ1v) is 7.68. The van der Waals surface area contributed by atoms with Gasteiger partial charge in [0.1, 0.15) is 0 Å². The molecule has 0 fully saturated rings. The lowest BCUT2D eigenvalue weighted by Gasteiger charge is -2.03. The summed E-state index contributed by atoms with van der Waals surface area (Å²) in [6, 6.07) is 23.2. The Morgan fingerprint density at radius 1 is 0.700 bits per heavy atom. The standard InChI is InChI=1S/C18H11ClS/c19-13-10-8-12(9-11-13)14-5-3-6-16-15-4-1-2-7-17(15)20-18(14)16/h1-11H. The molecular weight excluding hydrogens is 284 g/mol. The first-order chi connectivity index (χ1) is 9.83. The SMILES string of the molecule is Clc1ccc(-c2cccc3c2sc2ccccc23)cc1. The fourth-order valence-electron chi connectivity index (χ4n) is 2.60. The van der Waals surface area contributed by atoms with Gasteiger partial charge in [0, 0.05) is 25.2 Å². The summed E-state index contributed by atoms with van der Waals surface area (Å²) in [5.74, 6) is 0. The fourth-order valence-corrected chi connectivity index (χ4v) is 3.97. The Labute approximate surface area is 126 Å². The molecule has 0 radical (unpaired) electrons. The van der Waals surface area contributed by atoms with Crippen LogP contribution in [0.5, 0.6) is 0 Å². The van der Waals surface area contributed by atoms with Gasteiger partial charge in [0.25, 0.3) is 0 Å². The van der Waals surface area contributed by atoms with Gasteiger partial charge in [-0.1, -0.05) is 60.1 Å². The van der Waals surface area contributed by atoms with Crippen LogP contribution >= 0.6 is 22.9 Å². The van der Waals surface area contributed by atoms with Gasteiger partial charge in [0.15, 0.2) is 0 Å². The van der Waals surface area contributed by atoms with E-state index in [1.54, 1.807) is 0 Å². The number of hydrogen-bond donors (Lipinski definition) is 0. The highest BCUT2D eigenvalue weighted by Crippen LogP contribution is 2.39. The van der Waals surface area contributed by atoms with Gasteiger partial charge >= 0.3 is 0 Å². The van der Waals surface area contributed by atoms with Crippen LogP contribution in [-0.4, -0.2) is 0 Å². The third-order valence-corrected chi connectivity index (χ3v) is 5.03. The van der Waals surface area contributed by atoms with Gasteiger partial charge < -0.3 is 0 Å². The predicted molar refractivity (Wildman–Crippen MR) is 89.8 cm³/mol. The Hall–Kier alpha value is -1.83. The summed E-state index contributed by atoms with van der Waals surface area (Å²) in [7, 11) is 0. The monoisotopic (exact) mass is 294 g/mol. The third kappa shape index (κ3) is 1.82. The van der Waals surface area contributed by atoms with E-state index >= 15 is 0 Å². The molecule has 1 heterocycles. The smallest absolute Gasteiger partial charge is 0.0433 e. The summed E-state index contributed by atoms with van der Waals surface area (Å²) >= 11 is 7.84. The number of thiophene rings is 1. The van der Waals surface area contributed by atoms with Crippen LogP contribution in [0.4, 0.5) is 0 Å². The quantitative estimate of drug-likeness (QED) is 0.382. The van der Waals surface area contributed by atoms with E-state index in [0.717, 1.165) is 5.02 Å². The van der Waals surface area contributed by atoms with E-state index in [4.69, 9.17) is 11.6 Å². The Bertz CT molecular complexity index is 904. The minimum atomic E-state index is 0.775. The molecule has 0 saturated carbocycles. The zero-order valence-electron chi connectivity index (χ0n) is 10.6. The van der Waals surface area contributed by atoms with Gasteiger partial charge in [-0.25, -0.2) is 0 Å². The molecule has 4 rings (SSSR count).